The standard InChI is InChI=1S/C12H14O3/c1-3-7-11(15-12(13)14-2)10-8-5-4-6-9-10/h3-9,11H,1-2H3/b7-3+/t11-/m1/s1. The Labute approximate surface area is 89.3 Å². The van der Waals surface area contributed by atoms with E-state index in [-0.39, 0.29) is 6.10 Å². The molecular formula is C12H14O3. The van der Waals surface area contributed by atoms with E-state index in [1.54, 1.807) is 6.08 Å². The summed E-state index contributed by atoms with van der Waals surface area (Å²) in [5, 5.41) is 0. The first kappa shape index (κ1) is 11.3. The van der Waals surface area contributed by atoms with Crippen LogP contribution < -0.4 is 0 Å². The van der Waals surface area contributed by atoms with E-state index in [4.69, 9.17) is 4.74 Å². The number of methoxy groups -OCH3 is 1. The van der Waals surface area contributed by atoms with Gasteiger partial charge in [0, 0.05) is 0 Å². The van der Waals surface area contributed by atoms with Crippen molar-refractivity contribution in [1.82, 2.24) is 0 Å². The van der Waals surface area contributed by atoms with Gasteiger partial charge >= 0.3 is 6.16 Å². The zero-order chi connectivity index (χ0) is 11.1. The Balaban J connectivity index is 2.79. The van der Waals surface area contributed by atoms with Gasteiger partial charge in [-0.15, -0.1) is 0 Å². The summed E-state index contributed by atoms with van der Waals surface area (Å²) in [5.74, 6) is 0. The van der Waals surface area contributed by atoms with E-state index in [2.05, 4.69) is 4.74 Å². The smallest absolute Gasteiger partial charge is 0.438 e. The molecule has 0 saturated carbocycles. The molecule has 0 radical (unpaired) electrons. The summed E-state index contributed by atoms with van der Waals surface area (Å²) in [6, 6.07) is 9.49. The highest BCUT2D eigenvalue weighted by molar-refractivity contribution is 5.60. The second-order valence-corrected chi connectivity index (χ2v) is 2.93. The molecule has 1 aromatic rings. The first-order valence-corrected chi connectivity index (χ1v) is 4.70. The maximum atomic E-state index is 11.0. The van der Waals surface area contributed by atoms with Crippen LogP contribution in [0.2, 0.25) is 0 Å². The molecule has 0 aliphatic heterocycles. The molecule has 0 N–H and O–H groups in total. The molecule has 0 saturated heterocycles. The highest BCUT2D eigenvalue weighted by atomic mass is 16.7. The quantitative estimate of drug-likeness (QED) is 0.563. The highest BCUT2D eigenvalue weighted by Gasteiger charge is 2.12. The number of allylic oxidation sites excluding steroid dienone is 1. The molecule has 80 valence electrons. The lowest BCUT2D eigenvalue weighted by molar-refractivity contribution is 0.0521. The molecule has 0 amide bonds. The molecule has 0 spiro atoms. The average molecular weight is 206 g/mol. The molecule has 3 nitrogen and oxygen atoms in total. The Kier molecular flexibility index (Phi) is 4.41. The molecule has 3 heteroatoms. The number of hydrogen-bond acceptors (Lipinski definition) is 3. The topological polar surface area (TPSA) is 35.5 Å². The number of benzene rings is 1. The minimum absolute atomic E-state index is 0.386. The van der Waals surface area contributed by atoms with Crippen molar-refractivity contribution in [2.24, 2.45) is 0 Å². The first-order valence-electron chi connectivity index (χ1n) is 4.70. The van der Waals surface area contributed by atoms with Gasteiger partial charge in [0.2, 0.25) is 0 Å². The number of ether oxygens (including phenoxy) is 2. The van der Waals surface area contributed by atoms with Gasteiger partial charge in [0.1, 0.15) is 6.10 Å². The van der Waals surface area contributed by atoms with Gasteiger partial charge in [-0.2, -0.15) is 0 Å². The Morgan fingerprint density at radius 1 is 1.33 bits per heavy atom. The second kappa shape index (κ2) is 5.86. The molecule has 1 rings (SSSR count). The molecule has 15 heavy (non-hydrogen) atoms. The largest absolute Gasteiger partial charge is 0.508 e. The number of carbonyl (C=O) groups is 1. The number of hydrogen-bond donors (Lipinski definition) is 0. The van der Waals surface area contributed by atoms with E-state index in [9.17, 15) is 4.79 Å². The summed E-state index contributed by atoms with van der Waals surface area (Å²) in [6.07, 6.45) is 2.57. The molecular weight excluding hydrogens is 192 g/mol. The fourth-order valence-electron chi connectivity index (χ4n) is 1.19. The molecule has 0 aliphatic rings. The van der Waals surface area contributed by atoms with Gasteiger partial charge in [-0.3, -0.25) is 0 Å². The van der Waals surface area contributed by atoms with E-state index >= 15 is 0 Å². The number of rotatable bonds is 3. The van der Waals surface area contributed by atoms with Crippen LogP contribution in [0.15, 0.2) is 42.5 Å². The van der Waals surface area contributed by atoms with Gasteiger partial charge in [0.05, 0.1) is 7.11 Å². The van der Waals surface area contributed by atoms with Crippen LogP contribution in [0, 0.1) is 0 Å². The fraction of sp³-hybridized carbons (Fsp3) is 0.250. The van der Waals surface area contributed by atoms with Crippen LogP contribution in [0.3, 0.4) is 0 Å². The zero-order valence-corrected chi connectivity index (χ0v) is 8.84. The van der Waals surface area contributed by atoms with Gasteiger partial charge in [0.15, 0.2) is 0 Å². The fourth-order valence-corrected chi connectivity index (χ4v) is 1.19. The van der Waals surface area contributed by atoms with Gasteiger partial charge in [0.25, 0.3) is 0 Å². The van der Waals surface area contributed by atoms with Crippen molar-refractivity contribution in [3.05, 3.63) is 48.0 Å². The zero-order valence-electron chi connectivity index (χ0n) is 8.84. The van der Waals surface area contributed by atoms with Crippen molar-refractivity contribution >= 4 is 6.16 Å². The van der Waals surface area contributed by atoms with Crippen LogP contribution in [-0.4, -0.2) is 13.3 Å². The second-order valence-electron chi connectivity index (χ2n) is 2.93. The monoisotopic (exact) mass is 206 g/mol. The summed E-state index contributed by atoms with van der Waals surface area (Å²) >= 11 is 0. The minimum Gasteiger partial charge on any atom is -0.438 e. The first-order chi connectivity index (χ1) is 7.27. The SMILES string of the molecule is C/C=C/[C@@H](OC(=O)OC)c1ccccc1. The van der Waals surface area contributed by atoms with Crippen molar-refractivity contribution in [1.29, 1.82) is 0 Å². The third-order valence-electron chi connectivity index (χ3n) is 1.89. The van der Waals surface area contributed by atoms with E-state index < -0.39 is 6.16 Å². The van der Waals surface area contributed by atoms with Gasteiger partial charge in [-0.25, -0.2) is 4.79 Å². The van der Waals surface area contributed by atoms with Crippen molar-refractivity contribution in [2.75, 3.05) is 7.11 Å². The Morgan fingerprint density at radius 2 is 2.00 bits per heavy atom. The molecule has 0 bridgehead atoms. The molecule has 0 heterocycles. The lowest BCUT2D eigenvalue weighted by Gasteiger charge is -2.13. The van der Waals surface area contributed by atoms with Crippen LogP contribution in [0.4, 0.5) is 4.79 Å². The van der Waals surface area contributed by atoms with Crippen molar-refractivity contribution in [3.8, 4) is 0 Å². The maximum Gasteiger partial charge on any atom is 0.508 e. The van der Waals surface area contributed by atoms with E-state index in [1.165, 1.54) is 7.11 Å². The maximum absolute atomic E-state index is 11.0. The minimum atomic E-state index is -0.679. The van der Waals surface area contributed by atoms with Crippen LogP contribution in [0.1, 0.15) is 18.6 Å². The average Bonchev–Trinajstić information content (AvgIpc) is 2.29. The molecule has 0 aromatic heterocycles. The van der Waals surface area contributed by atoms with Crippen molar-refractivity contribution in [3.63, 3.8) is 0 Å². The molecule has 0 unspecified atom stereocenters. The molecule has 0 aliphatic carbocycles. The summed E-state index contributed by atoms with van der Waals surface area (Å²) in [5.41, 5.74) is 0.918. The van der Waals surface area contributed by atoms with E-state index in [0.29, 0.717) is 0 Å². The summed E-state index contributed by atoms with van der Waals surface area (Å²) in [7, 11) is 1.29. The molecule has 0 fully saturated rings. The van der Waals surface area contributed by atoms with Crippen LogP contribution in [0.5, 0.6) is 0 Å². The van der Waals surface area contributed by atoms with E-state index in [0.717, 1.165) is 5.56 Å². The molecule has 1 atom stereocenters. The van der Waals surface area contributed by atoms with Crippen molar-refractivity contribution < 1.29 is 14.3 Å². The lowest BCUT2D eigenvalue weighted by atomic mass is 10.1. The normalized spacial score (nSPS) is 12.4. The Hall–Kier alpha value is -1.77. The van der Waals surface area contributed by atoms with Gasteiger partial charge in [-0.05, 0) is 18.6 Å². The van der Waals surface area contributed by atoms with Crippen LogP contribution in [0.25, 0.3) is 0 Å². The van der Waals surface area contributed by atoms with Gasteiger partial charge in [-0.1, -0.05) is 36.4 Å². The molecule has 1 aromatic carbocycles. The Bertz CT molecular complexity index is 330. The lowest BCUT2D eigenvalue weighted by Crippen LogP contribution is -2.09. The predicted molar refractivity (Wildman–Crippen MR) is 57.5 cm³/mol. The van der Waals surface area contributed by atoms with Crippen LogP contribution >= 0.6 is 0 Å². The summed E-state index contributed by atoms with van der Waals surface area (Å²) < 4.78 is 9.53. The van der Waals surface area contributed by atoms with E-state index in [1.807, 2.05) is 43.3 Å². The van der Waals surface area contributed by atoms with Crippen molar-refractivity contribution in [2.45, 2.75) is 13.0 Å². The highest BCUT2D eigenvalue weighted by Crippen LogP contribution is 2.19. The predicted octanol–water partition coefficient (Wildman–Crippen LogP) is 3.09. The third-order valence-corrected chi connectivity index (χ3v) is 1.89. The summed E-state index contributed by atoms with van der Waals surface area (Å²) in [4.78, 5) is 11.0. The van der Waals surface area contributed by atoms with Gasteiger partial charge < -0.3 is 9.47 Å². The summed E-state index contributed by atoms with van der Waals surface area (Å²) in [6.45, 7) is 1.87. The Morgan fingerprint density at radius 3 is 2.53 bits per heavy atom. The van der Waals surface area contributed by atoms with Crippen LogP contribution in [-0.2, 0) is 9.47 Å². The third kappa shape index (κ3) is 3.46. The number of carbonyl (C=O) groups excluding carboxylic acids is 1.